The van der Waals surface area contributed by atoms with Crippen molar-refractivity contribution in [2.75, 3.05) is 29.5 Å². The smallest absolute Gasteiger partial charge is 0.243 e. The van der Waals surface area contributed by atoms with Crippen LogP contribution in [0.5, 0.6) is 0 Å². The fraction of sp³-hybridized carbons (Fsp3) is 0.133. The Morgan fingerprint density at radius 3 is 2.50 bits per heavy atom. The zero-order valence-electron chi connectivity index (χ0n) is 11.1. The average Bonchev–Trinajstić information content (AvgIpc) is 2.41. The Kier molecular flexibility index (Phi) is 4.48. The second kappa shape index (κ2) is 6.30. The van der Waals surface area contributed by atoms with Crippen molar-refractivity contribution in [3.05, 3.63) is 53.6 Å². The molecular formula is C15H16ClN3O. The van der Waals surface area contributed by atoms with Crippen LogP contribution in [0.2, 0.25) is 5.02 Å². The van der Waals surface area contributed by atoms with Crippen molar-refractivity contribution in [2.24, 2.45) is 0 Å². The van der Waals surface area contributed by atoms with E-state index in [4.69, 9.17) is 17.3 Å². The van der Waals surface area contributed by atoms with Gasteiger partial charge in [-0.2, -0.15) is 0 Å². The van der Waals surface area contributed by atoms with Gasteiger partial charge in [-0.15, -0.1) is 0 Å². The minimum atomic E-state index is -0.113. The molecule has 5 heteroatoms. The number of likely N-dealkylation sites (N-methyl/N-ethyl adjacent to an activating group) is 1. The van der Waals surface area contributed by atoms with Crippen molar-refractivity contribution in [3.63, 3.8) is 0 Å². The number of carbonyl (C=O) groups excluding carboxylic acids is 1. The van der Waals surface area contributed by atoms with Crippen LogP contribution in [0.4, 0.5) is 17.1 Å². The van der Waals surface area contributed by atoms with Crippen molar-refractivity contribution in [3.8, 4) is 0 Å². The van der Waals surface area contributed by atoms with Crippen molar-refractivity contribution in [1.82, 2.24) is 0 Å². The predicted octanol–water partition coefficient (Wildman–Crippen LogP) is 3.00. The molecule has 2 aromatic carbocycles. The Hall–Kier alpha value is -2.20. The van der Waals surface area contributed by atoms with Gasteiger partial charge in [0.1, 0.15) is 0 Å². The second-order valence-corrected chi connectivity index (χ2v) is 4.91. The van der Waals surface area contributed by atoms with Crippen LogP contribution in [-0.2, 0) is 4.79 Å². The molecule has 2 rings (SSSR count). The number of halogens is 1. The van der Waals surface area contributed by atoms with Gasteiger partial charge < -0.3 is 16.0 Å². The summed E-state index contributed by atoms with van der Waals surface area (Å²) in [7, 11) is 1.83. The Labute approximate surface area is 123 Å². The summed E-state index contributed by atoms with van der Waals surface area (Å²) >= 11 is 5.80. The minimum absolute atomic E-state index is 0.113. The molecule has 0 saturated heterocycles. The van der Waals surface area contributed by atoms with Crippen LogP contribution < -0.4 is 16.0 Å². The van der Waals surface area contributed by atoms with Crippen molar-refractivity contribution in [2.45, 2.75) is 0 Å². The highest BCUT2D eigenvalue weighted by Gasteiger charge is 2.09. The molecule has 0 aliphatic rings. The van der Waals surface area contributed by atoms with Gasteiger partial charge in [-0.1, -0.05) is 23.7 Å². The summed E-state index contributed by atoms with van der Waals surface area (Å²) in [6, 6.07) is 14.4. The summed E-state index contributed by atoms with van der Waals surface area (Å²) in [6.45, 7) is 0.219. The van der Waals surface area contributed by atoms with E-state index in [2.05, 4.69) is 5.32 Å². The summed E-state index contributed by atoms with van der Waals surface area (Å²) in [5.41, 5.74) is 8.07. The topological polar surface area (TPSA) is 58.4 Å². The third kappa shape index (κ3) is 3.65. The van der Waals surface area contributed by atoms with Gasteiger partial charge >= 0.3 is 0 Å². The number of nitrogens with one attached hydrogen (secondary N) is 1. The van der Waals surface area contributed by atoms with Gasteiger partial charge in [0.2, 0.25) is 5.91 Å². The monoisotopic (exact) mass is 289 g/mol. The standard InChI is InChI=1S/C15H16ClN3O/c1-19(14-5-3-2-4-13(14)17)10-15(20)18-12-8-6-11(16)7-9-12/h2-9H,10,17H2,1H3,(H,18,20). The van der Waals surface area contributed by atoms with Crippen LogP contribution in [0.15, 0.2) is 48.5 Å². The maximum Gasteiger partial charge on any atom is 0.243 e. The molecule has 2 aromatic rings. The van der Waals surface area contributed by atoms with Crippen LogP contribution in [0, 0.1) is 0 Å². The Morgan fingerprint density at radius 2 is 1.85 bits per heavy atom. The molecule has 20 heavy (non-hydrogen) atoms. The first-order chi connectivity index (χ1) is 9.56. The number of hydrogen-bond acceptors (Lipinski definition) is 3. The highest BCUT2D eigenvalue weighted by Crippen LogP contribution is 2.21. The summed E-state index contributed by atoms with van der Waals surface area (Å²) in [5, 5.41) is 3.45. The molecular weight excluding hydrogens is 274 g/mol. The molecule has 0 unspecified atom stereocenters. The lowest BCUT2D eigenvalue weighted by atomic mass is 10.2. The number of nitrogen functional groups attached to an aromatic ring is 1. The summed E-state index contributed by atoms with van der Waals surface area (Å²) < 4.78 is 0. The molecule has 0 heterocycles. The molecule has 0 radical (unpaired) electrons. The van der Waals surface area contributed by atoms with Gasteiger partial charge in [-0.3, -0.25) is 4.79 Å². The number of nitrogens with two attached hydrogens (primary N) is 1. The second-order valence-electron chi connectivity index (χ2n) is 4.47. The molecule has 0 spiro atoms. The number of anilines is 3. The van der Waals surface area contributed by atoms with Crippen LogP contribution in [-0.4, -0.2) is 19.5 Å². The number of nitrogens with zero attached hydrogens (tertiary/aromatic N) is 1. The minimum Gasteiger partial charge on any atom is -0.397 e. The van der Waals surface area contributed by atoms with Crippen LogP contribution in [0.25, 0.3) is 0 Å². The van der Waals surface area contributed by atoms with E-state index in [1.807, 2.05) is 31.3 Å². The normalized spacial score (nSPS) is 10.1. The molecule has 0 aliphatic heterocycles. The lowest BCUT2D eigenvalue weighted by Crippen LogP contribution is -2.30. The summed E-state index contributed by atoms with van der Waals surface area (Å²) in [5.74, 6) is -0.113. The fourth-order valence-corrected chi connectivity index (χ4v) is 2.00. The average molecular weight is 290 g/mol. The van der Waals surface area contributed by atoms with Gasteiger partial charge in [-0.05, 0) is 36.4 Å². The molecule has 0 aliphatic carbocycles. The first-order valence-electron chi connectivity index (χ1n) is 6.17. The van der Waals surface area contributed by atoms with Crippen molar-refractivity contribution in [1.29, 1.82) is 0 Å². The molecule has 0 atom stereocenters. The number of amides is 1. The first kappa shape index (κ1) is 14.2. The highest BCUT2D eigenvalue weighted by molar-refractivity contribution is 6.30. The van der Waals surface area contributed by atoms with Crippen molar-refractivity contribution < 1.29 is 4.79 Å². The third-order valence-electron chi connectivity index (χ3n) is 2.86. The first-order valence-corrected chi connectivity index (χ1v) is 6.55. The summed E-state index contributed by atoms with van der Waals surface area (Å²) in [6.07, 6.45) is 0. The molecule has 0 aromatic heterocycles. The van der Waals surface area contributed by atoms with Gasteiger partial charge in [-0.25, -0.2) is 0 Å². The lowest BCUT2D eigenvalue weighted by molar-refractivity contribution is -0.114. The van der Waals surface area contributed by atoms with E-state index in [0.29, 0.717) is 16.4 Å². The van der Waals surface area contributed by atoms with E-state index in [0.717, 1.165) is 5.69 Å². The maximum absolute atomic E-state index is 12.0. The number of rotatable bonds is 4. The van der Waals surface area contributed by atoms with E-state index >= 15 is 0 Å². The van der Waals surface area contributed by atoms with Crippen LogP contribution >= 0.6 is 11.6 Å². The number of carbonyl (C=O) groups is 1. The van der Waals surface area contributed by atoms with E-state index in [9.17, 15) is 4.79 Å². The van der Waals surface area contributed by atoms with Gasteiger partial charge in [0.05, 0.1) is 17.9 Å². The maximum atomic E-state index is 12.0. The molecule has 0 bridgehead atoms. The quantitative estimate of drug-likeness (QED) is 0.851. The van der Waals surface area contributed by atoms with Crippen molar-refractivity contribution >= 4 is 34.6 Å². The predicted molar refractivity (Wildman–Crippen MR) is 84.2 cm³/mol. The van der Waals surface area contributed by atoms with E-state index in [-0.39, 0.29) is 12.5 Å². The highest BCUT2D eigenvalue weighted by atomic mass is 35.5. The fourth-order valence-electron chi connectivity index (χ4n) is 1.87. The Morgan fingerprint density at radius 1 is 1.20 bits per heavy atom. The zero-order valence-corrected chi connectivity index (χ0v) is 11.9. The molecule has 4 nitrogen and oxygen atoms in total. The van der Waals surface area contributed by atoms with Crippen LogP contribution in [0.1, 0.15) is 0 Å². The van der Waals surface area contributed by atoms with Gasteiger partial charge in [0.25, 0.3) is 0 Å². The van der Waals surface area contributed by atoms with Gasteiger partial charge in [0, 0.05) is 17.8 Å². The molecule has 0 saturated carbocycles. The largest absolute Gasteiger partial charge is 0.397 e. The van der Waals surface area contributed by atoms with E-state index in [1.165, 1.54) is 0 Å². The van der Waals surface area contributed by atoms with Gasteiger partial charge in [0.15, 0.2) is 0 Å². The van der Waals surface area contributed by atoms with E-state index in [1.54, 1.807) is 29.2 Å². The summed E-state index contributed by atoms with van der Waals surface area (Å²) in [4.78, 5) is 13.8. The molecule has 3 N–H and O–H groups in total. The van der Waals surface area contributed by atoms with Crippen LogP contribution in [0.3, 0.4) is 0 Å². The zero-order chi connectivity index (χ0) is 14.5. The van der Waals surface area contributed by atoms with E-state index < -0.39 is 0 Å². The molecule has 1 amide bonds. The molecule has 104 valence electrons. The Balaban J connectivity index is 1.98. The molecule has 0 fully saturated rings. The number of hydrogen-bond donors (Lipinski definition) is 2. The SMILES string of the molecule is CN(CC(=O)Nc1ccc(Cl)cc1)c1ccccc1N. The third-order valence-corrected chi connectivity index (χ3v) is 3.11. The number of para-hydroxylation sites is 2. The lowest BCUT2D eigenvalue weighted by Gasteiger charge is -2.20. The number of benzene rings is 2. The Bertz CT molecular complexity index is 598.